The minimum Gasteiger partial charge on any atom is -0.496 e. The van der Waals surface area contributed by atoms with E-state index in [1.54, 1.807) is 48.3 Å². The number of rotatable bonds is 7. The van der Waals surface area contributed by atoms with Gasteiger partial charge in [0, 0.05) is 54.0 Å². The van der Waals surface area contributed by atoms with Gasteiger partial charge in [0.05, 0.1) is 25.9 Å². The van der Waals surface area contributed by atoms with Gasteiger partial charge >= 0.3 is 12.1 Å². The Hall–Kier alpha value is -6.16. The molecule has 0 N–H and O–H groups in total. The molecular formula is C36H28F3N5O5. The smallest absolute Gasteiger partial charge is 0.471 e. The first kappa shape index (κ1) is 32.8. The third-order valence-electron chi connectivity index (χ3n) is 8.14. The Bertz CT molecular complexity index is 2090. The molecule has 248 valence electrons. The molecule has 5 aromatic rings. The van der Waals surface area contributed by atoms with Gasteiger partial charge in [-0.15, -0.1) is 0 Å². The number of nitrogens with zero attached hydrogens (tertiary/aromatic N) is 5. The van der Waals surface area contributed by atoms with Gasteiger partial charge in [-0.05, 0) is 41.5 Å². The van der Waals surface area contributed by atoms with E-state index < -0.39 is 12.1 Å². The van der Waals surface area contributed by atoms with Crippen LogP contribution < -0.4 is 9.47 Å². The number of fused-ring (bicyclic) bond motifs is 2. The monoisotopic (exact) mass is 667 g/mol. The van der Waals surface area contributed by atoms with Gasteiger partial charge in [0.25, 0.3) is 11.8 Å². The van der Waals surface area contributed by atoms with Crippen molar-refractivity contribution in [1.82, 2.24) is 19.9 Å². The van der Waals surface area contributed by atoms with Crippen LogP contribution in [0.15, 0.2) is 89.5 Å². The molecule has 49 heavy (non-hydrogen) atoms. The quantitative estimate of drug-likeness (QED) is 0.189. The van der Waals surface area contributed by atoms with Gasteiger partial charge in [-0.3, -0.25) is 9.59 Å². The molecule has 0 saturated carbocycles. The highest BCUT2D eigenvalue weighted by Crippen LogP contribution is 2.33. The van der Waals surface area contributed by atoms with Crippen LogP contribution in [0.25, 0.3) is 11.4 Å². The van der Waals surface area contributed by atoms with E-state index in [1.165, 1.54) is 6.07 Å². The lowest BCUT2D eigenvalue weighted by molar-refractivity contribution is -0.159. The van der Waals surface area contributed by atoms with E-state index in [0.29, 0.717) is 48.6 Å². The molecule has 4 aromatic carbocycles. The van der Waals surface area contributed by atoms with Crippen molar-refractivity contribution in [2.75, 3.05) is 14.2 Å². The number of carbonyl (C=O) groups is 2. The van der Waals surface area contributed by atoms with E-state index in [1.807, 2.05) is 54.6 Å². The van der Waals surface area contributed by atoms with E-state index in [4.69, 9.17) is 14.7 Å². The summed E-state index contributed by atoms with van der Waals surface area (Å²) in [6.45, 7) is 1.82. The number of halogens is 3. The van der Waals surface area contributed by atoms with Crippen LogP contribution in [0.1, 0.15) is 54.4 Å². The van der Waals surface area contributed by atoms with Crippen LogP contribution in [0.3, 0.4) is 0 Å². The molecule has 0 atom stereocenters. The van der Waals surface area contributed by atoms with Crippen molar-refractivity contribution in [3.63, 3.8) is 0 Å². The van der Waals surface area contributed by atoms with Crippen molar-refractivity contribution < 1.29 is 36.8 Å². The molecule has 1 aromatic heterocycles. The van der Waals surface area contributed by atoms with Gasteiger partial charge in [-0.25, -0.2) is 0 Å². The Morgan fingerprint density at radius 2 is 1.33 bits per heavy atom. The largest absolute Gasteiger partial charge is 0.496 e. The summed E-state index contributed by atoms with van der Waals surface area (Å²) in [6.07, 6.45) is -4.72. The van der Waals surface area contributed by atoms with Gasteiger partial charge in [-0.1, -0.05) is 59.8 Å². The van der Waals surface area contributed by atoms with Gasteiger partial charge in [-0.2, -0.15) is 23.4 Å². The zero-order chi connectivity index (χ0) is 34.7. The van der Waals surface area contributed by atoms with Crippen LogP contribution >= 0.6 is 0 Å². The molecule has 0 spiro atoms. The molecule has 0 unspecified atom stereocenters. The van der Waals surface area contributed by atoms with Crippen molar-refractivity contribution in [2.45, 2.75) is 32.4 Å². The highest BCUT2D eigenvalue weighted by molar-refractivity contribution is 5.99. The minimum absolute atomic E-state index is 0.0343. The highest BCUT2D eigenvalue weighted by atomic mass is 19.4. The maximum absolute atomic E-state index is 12.8. The summed E-state index contributed by atoms with van der Waals surface area (Å²) in [5.41, 5.74) is 5.42. The molecule has 0 aliphatic carbocycles. The number of hydrogen-bond acceptors (Lipinski definition) is 8. The molecule has 7 rings (SSSR count). The molecular weight excluding hydrogens is 639 g/mol. The van der Waals surface area contributed by atoms with E-state index in [-0.39, 0.29) is 23.2 Å². The number of nitriles is 1. The Kier molecular flexibility index (Phi) is 9.04. The topological polar surface area (TPSA) is 122 Å². The van der Waals surface area contributed by atoms with Crippen LogP contribution in [0.4, 0.5) is 13.2 Å². The molecule has 0 fully saturated rings. The maximum Gasteiger partial charge on any atom is 0.471 e. The van der Waals surface area contributed by atoms with E-state index in [0.717, 1.165) is 28.0 Å². The molecule has 0 radical (unpaired) electrons. The fourth-order valence-corrected chi connectivity index (χ4v) is 5.72. The summed E-state index contributed by atoms with van der Waals surface area (Å²) >= 11 is 0. The number of ether oxygens (including phenoxy) is 2. The van der Waals surface area contributed by atoms with Crippen LogP contribution in [0.2, 0.25) is 0 Å². The van der Waals surface area contributed by atoms with Crippen molar-refractivity contribution in [3.8, 4) is 29.0 Å². The molecule has 0 saturated heterocycles. The van der Waals surface area contributed by atoms with Gasteiger partial charge in [0.1, 0.15) is 11.5 Å². The summed E-state index contributed by atoms with van der Waals surface area (Å²) in [6, 6.07) is 27.2. The first-order chi connectivity index (χ1) is 23.6. The lowest BCUT2D eigenvalue weighted by atomic mass is 10.1. The predicted molar refractivity (Wildman–Crippen MR) is 169 cm³/mol. The lowest BCUT2D eigenvalue weighted by Gasteiger charge is -2.17. The lowest BCUT2D eigenvalue weighted by Crippen LogP contribution is -2.23. The number of hydrogen-bond donors (Lipinski definition) is 0. The van der Waals surface area contributed by atoms with E-state index in [2.05, 4.69) is 20.7 Å². The molecule has 2 aliphatic heterocycles. The van der Waals surface area contributed by atoms with Gasteiger partial charge < -0.3 is 23.8 Å². The summed E-state index contributed by atoms with van der Waals surface area (Å²) in [7, 11) is 3.18. The summed E-state index contributed by atoms with van der Waals surface area (Å²) in [4.78, 5) is 32.0. The second kappa shape index (κ2) is 13.5. The number of amides is 2. The third kappa shape index (κ3) is 6.80. The second-order valence-corrected chi connectivity index (χ2v) is 11.2. The minimum atomic E-state index is -4.72. The summed E-state index contributed by atoms with van der Waals surface area (Å²) in [5, 5.41) is 12.3. The van der Waals surface area contributed by atoms with Crippen LogP contribution in [0.5, 0.6) is 11.5 Å². The molecule has 10 nitrogen and oxygen atoms in total. The van der Waals surface area contributed by atoms with Crippen molar-refractivity contribution in [2.24, 2.45) is 0 Å². The number of benzene rings is 4. The van der Waals surface area contributed by atoms with Gasteiger partial charge in [0.2, 0.25) is 5.82 Å². The second-order valence-electron chi connectivity index (χ2n) is 11.2. The fourth-order valence-electron chi connectivity index (χ4n) is 5.72. The fraction of sp³-hybridized carbons (Fsp3) is 0.194. The number of methoxy groups -OCH3 is 2. The third-order valence-corrected chi connectivity index (χ3v) is 8.14. The zero-order valence-corrected chi connectivity index (χ0v) is 26.3. The van der Waals surface area contributed by atoms with Crippen molar-refractivity contribution in [3.05, 3.63) is 130 Å². The normalized spacial score (nSPS) is 13.4. The first-order valence-corrected chi connectivity index (χ1v) is 15.0. The van der Waals surface area contributed by atoms with Crippen molar-refractivity contribution in [1.29, 1.82) is 5.26 Å². The average Bonchev–Trinajstić information content (AvgIpc) is 3.82. The van der Waals surface area contributed by atoms with Crippen LogP contribution in [-0.2, 0) is 32.4 Å². The molecule has 0 bridgehead atoms. The Labute approximate surface area is 278 Å². The number of aromatic nitrogens is 2. The Morgan fingerprint density at radius 1 is 0.796 bits per heavy atom. The molecule has 2 amide bonds. The number of para-hydroxylation sites is 2. The first-order valence-electron chi connectivity index (χ1n) is 15.0. The predicted octanol–water partition coefficient (Wildman–Crippen LogP) is 6.64. The SMILES string of the molecule is COc1ccccc1CN1Cc2ccc(-c3noc(C(F)(F)F)n3)cc2C1=O.COc1ccccc1CN1Cc2ccc(C#N)cc2C1=O. The van der Waals surface area contributed by atoms with Gasteiger partial charge in [0.15, 0.2) is 0 Å². The standard InChI is InChI=1S/C19H14F3N3O3.C17H14N2O2/c1-27-15-5-3-2-4-13(15)10-25-9-12-7-6-11(8-14(12)17(25)26)16-23-18(28-24-16)19(20,21)22;1-21-16-5-3-2-4-14(16)11-19-10-13-7-6-12(9-18)8-15(13)17(19)20/h2-8H,9-10H2,1H3;2-8H,10-11H2,1H3. The zero-order valence-electron chi connectivity index (χ0n) is 26.3. The van der Waals surface area contributed by atoms with Crippen LogP contribution in [-0.4, -0.2) is 46.0 Å². The number of alkyl halides is 3. The maximum atomic E-state index is 12.8. The summed E-state index contributed by atoms with van der Waals surface area (Å²) in [5.74, 6) is -0.439. The Morgan fingerprint density at radius 3 is 1.84 bits per heavy atom. The molecule has 13 heteroatoms. The van der Waals surface area contributed by atoms with E-state index >= 15 is 0 Å². The number of carbonyl (C=O) groups excluding carboxylic acids is 2. The summed E-state index contributed by atoms with van der Waals surface area (Å²) < 4.78 is 52.9. The average molecular weight is 668 g/mol. The molecule has 2 aliphatic rings. The highest BCUT2D eigenvalue weighted by Gasteiger charge is 2.39. The van der Waals surface area contributed by atoms with E-state index in [9.17, 15) is 22.8 Å². The molecule has 3 heterocycles. The van der Waals surface area contributed by atoms with Crippen LogP contribution in [0, 0.1) is 11.3 Å². The van der Waals surface area contributed by atoms with Crippen molar-refractivity contribution >= 4 is 11.8 Å². The Balaban J connectivity index is 0.000000177.